The SMILES string of the molecule is CC(C)=CCC[C@](C)(OC1OC(COC2OCC(O)C(O)C2O)C(O)C(O)C1O)[C@H]1CC[C@]2(C)[C@H]1C(O)C[C@@H]1[C@]3(C)CCC(O[C@H]4OC(CO)C(O)C(O)C4O[C@H]4OC(CO)C(O)C(O)C4O)C(C)(C)[C@H]3CC[C@]12C. The molecule has 0 spiro atoms. The highest BCUT2D eigenvalue weighted by Crippen LogP contribution is 2.76. The largest absolute Gasteiger partial charge is 0.394 e. The Morgan fingerprint density at radius 3 is 1.80 bits per heavy atom. The standard InChI is InChI=1S/C53H90O22/c1-23(2)10-9-14-53(8,75-47-43(67)39(63)37(61)29(72-47)22-69-45-41(65)34(58)26(57)21-68-45)24-11-16-52(7)33(24)25(56)18-31-50(5)15-13-32(49(3,4)30(50)12-17-51(31,52)6)73-48-44(40(64)36(60)28(20-55)71-48)74-46-42(66)38(62)35(59)27(19-54)70-46/h10,24-48,54-67H,9,11-22H2,1-8H3/t24-,25?,26?,27?,28?,29?,30+,31+,32?,33+,34?,35?,36?,37?,38?,39?,40?,41?,42?,43?,44?,45?,46+,47?,48+,50+,51+,52+,53-/m0/s1. The van der Waals surface area contributed by atoms with E-state index in [9.17, 15) is 71.5 Å². The Hall–Kier alpha value is -1.14. The fourth-order valence-electron chi connectivity index (χ4n) is 16.0. The van der Waals surface area contributed by atoms with Crippen LogP contribution < -0.4 is 0 Å². The highest BCUT2D eigenvalue weighted by molar-refractivity contribution is 5.20. The number of ether oxygens (including phenoxy) is 8. The van der Waals surface area contributed by atoms with Crippen LogP contribution in [0, 0.1) is 45.3 Å². The molecular weight excluding hydrogens is 989 g/mol. The zero-order chi connectivity index (χ0) is 55.1. The van der Waals surface area contributed by atoms with Gasteiger partial charge in [0, 0.05) is 0 Å². The van der Waals surface area contributed by atoms with Crippen LogP contribution in [-0.4, -0.2) is 232 Å². The molecule has 22 nitrogen and oxygen atoms in total. The monoisotopic (exact) mass is 1080 g/mol. The summed E-state index contributed by atoms with van der Waals surface area (Å²) < 4.78 is 48.8. The average molecular weight is 1080 g/mol. The zero-order valence-corrected chi connectivity index (χ0v) is 44.7. The topological polar surface area (TPSA) is 357 Å². The molecule has 0 aromatic rings. The summed E-state index contributed by atoms with van der Waals surface area (Å²) in [7, 11) is 0. The van der Waals surface area contributed by atoms with Gasteiger partial charge in [-0.3, -0.25) is 0 Å². The van der Waals surface area contributed by atoms with Crippen molar-refractivity contribution in [3.05, 3.63) is 11.6 Å². The lowest BCUT2D eigenvalue weighted by Crippen LogP contribution is -2.68. The van der Waals surface area contributed by atoms with Crippen LogP contribution in [0.5, 0.6) is 0 Å². The van der Waals surface area contributed by atoms with E-state index in [4.69, 9.17) is 37.9 Å². The molecule has 4 heterocycles. The van der Waals surface area contributed by atoms with Crippen LogP contribution in [0.3, 0.4) is 0 Å². The van der Waals surface area contributed by atoms with Gasteiger partial charge < -0.3 is 109 Å². The highest BCUT2D eigenvalue weighted by atomic mass is 16.8. The van der Waals surface area contributed by atoms with Crippen molar-refractivity contribution in [2.24, 2.45) is 45.3 Å². The maximum absolute atomic E-state index is 12.8. The Balaban J connectivity index is 1.01. The first-order valence-electron chi connectivity index (χ1n) is 27.3. The Bertz CT molecular complexity index is 1940. The number of allylic oxidation sites excluding steroid dienone is 2. The molecule has 0 aromatic heterocycles. The molecule has 434 valence electrons. The molecule has 4 aliphatic carbocycles. The molecule has 0 radical (unpaired) electrons. The summed E-state index contributed by atoms with van der Waals surface area (Å²) in [6.07, 6.45) is -22.6. The second kappa shape index (κ2) is 22.7. The summed E-state index contributed by atoms with van der Waals surface area (Å²) in [6, 6.07) is 0. The Kier molecular flexibility index (Phi) is 18.1. The summed E-state index contributed by atoms with van der Waals surface area (Å²) in [5.74, 6) is -0.395. The molecule has 0 aromatic carbocycles. The van der Waals surface area contributed by atoms with Crippen molar-refractivity contribution in [3.8, 4) is 0 Å². The molecule has 4 aliphatic heterocycles. The van der Waals surface area contributed by atoms with Crippen molar-refractivity contribution >= 4 is 0 Å². The summed E-state index contributed by atoms with van der Waals surface area (Å²) in [5.41, 5.74) is -1.48. The van der Waals surface area contributed by atoms with Crippen LogP contribution in [0.15, 0.2) is 11.6 Å². The molecule has 0 bridgehead atoms. The molecule has 19 unspecified atom stereocenters. The normalized spacial score (nSPS) is 52.7. The van der Waals surface area contributed by atoms with E-state index < -0.39 is 165 Å². The third kappa shape index (κ3) is 10.6. The first-order chi connectivity index (χ1) is 35.1. The van der Waals surface area contributed by atoms with E-state index in [0.29, 0.717) is 38.5 Å². The van der Waals surface area contributed by atoms with Gasteiger partial charge in [-0.2, -0.15) is 0 Å². The van der Waals surface area contributed by atoms with Gasteiger partial charge in [0.2, 0.25) is 0 Å². The van der Waals surface area contributed by atoms with Crippen molar-refractivity contribution in [3.63, 3.8) is 0 Å². The maximum Gasteiger partial charge on any atom is 0.187 e. The van der Waals surface area contributed by atoms with Crippen LogP contribution in [-0.2, 0) is 37.9 Å². The smallest absolute Gasteiger partial charge is 0.187 e. The maximum atomic E-state index is 12.8. The third-order valence-electron chi connectivity index (χ3n) is 20.5. The van der Waals surface area contributed by atoms with Crippen LogP contribution in [0.4, 0.5) is 0 Å². The van der Waals surface area contributed by atoms with E-state index in [2.05, 4.69) is 40.7 Å². The molecule has 8 rings (SSSR count). The van der Waals surface area contributed by atoms with E-state index >= 15 is 0 Å². The zero-order valence-electron chi connectivity index (χ0n) is 44.7. The van der Waals surface area contributed by atoms with E-state index in [-0.39, 0.29) is 41.1 Å². The summed E-state index contributed by atoms with van der Waals surface area (Å²) >= 11 is 0. The molecule has 8 aliphatic rings. The number of hydrogen-bond donors (Lipinski definition) is 14. The number of aliphatic hydroxyl groups excluding tert-OH is 14. The molecule has 75 heavy (non-hydrogen) atoms. The summed E-state index contributed by atoms with van der Waals surface area (Å²) in [5, 5.41) is 151. The van der Waals surface area contributed by atoms with E-state index in [1.807, 2.05) is 20.8 Å². The molecule has 8 fully saturated rings. The van der Waals surface area contributed by atoms with E-state index in [0.717, 1.165) is 24.8 Å². The minimum atomic E-state index is -1.81. The fraction of sp³-hybridized carbons (Fsp3) is 0.962. The van der Waals surface area contributed by atoms with Gasteiger partial charge >= 0.3 is 0 Å². The number of fused-ring (bicyclic) bond motifs is 5. The third-order valence-corrected chi connectivity index (χ3v) is 20.5. The average Bonchev–Trinajstić information content (AvgIpc) is 3.75. The van der Waals surface area contributed by atoms with Gasteiger partial charge in [0.15, 0.2) is 25.2 Å². The van der Waals surface area contributed by atoms with Gasteiger partial charge in [-0.05, 0) is 124 Å². The molecular formula is C53H90O22. The highest BCUT2D eigenvalue weighted by Gasteiger charge is 2.72. The lowest BCUT2D eigenvalue weighted by atomic mass is 9.35. The van der Waals surface area contributed by atoms with Crippen molar-refractivity contribution in [1.29, 1.82) is 0 Å². The second-order valence-corrected chi connectivity index (χ2v) is 25.3. The second-order valence-electron chi connectivity index (χ2n) is 25.3. The number of hydrogen-bond acceptors (Lipinski definition) is 22. The van der Waals surface area contributed by atoms with Crippen molar-refractivity contribution in [2.75, 3.05) is 26.4 Å². The predicted octanol–water partition coefficient (Wildman–Crippen LogP) is -1.56. The number of aliphatic hydroxyl groups is 14. The predicted molar refractivity (Wildman–Crippen MR) is 260 cm³/mol. The summed E-state index contributed by atoms with van der Waals surface area (Å²) in [6.45, 7) is 15.1. The Morgan fingerprint density at radius 2 is 1.16 bits per heavy atom. The molecule has 22 heteroatoms. The van der Waals surface area contributed by atoms with Gasteiger partial charge in [0.25, 0.3) is 0 Å². The molecule has 4 saturated heterocycles. The van der Waals surface area contributed by atoms with E-state index in [1.54, 1.807) is 0 Å². The minimum absolute atomic E-state index is 0.0508. The van der Waals surface area contributed by atoms with Crippen molar-refractivity contribution in [1.82, 2.24) is 0 Å². The van der Waals surface area contributed by atoms with E-state index in [1.165, 1.54) is 0 Å². The van der Waals surface area contributed by atoms with Crippen molar-refractivity contribution in [2.45, 2.75) is 248 Å². The van der Waals surface area contributed by atoms with Gasteiger partial charge in [0.05, 0.1) is 44.2 Å². The minimum Gasteiger partial charge on any atom is -0.394 e. The first-order valence-corrected chi connectivity index (χ1v) is 27.3. The lowest BCUT2D eigenvalue weighted by Gasteiger charge is -2.71. The first kappa shape index (κ1) is 60.0. The van der Waals surface area contributed by atoms with Crippen LogP contribution in [0.2, 0.25) is 0 Å². The van der Waals surface area contributed by atoms with Crippen LogP contribution in [0.1, 0.15) is 113 Å². The Labute approximate surface area is 439 Å². The van der Waals surface area contributed by atoms with Crippen molar-refractivity contribution < 1.29 is 109 Å². The Morgan fingerprint density at radius 1 is 0.587 bits per heavy atom. The van der Waals surface area contributed by atoms with Crippen LogP contribution in [0.25, 0.3) is 0 Å². The van der Waals surface area contributed by atoms with Crippen LogP contribution >= 0.6 is 0 Å². The molecule has 4 saturated carbocycles. The molecule has 0 amide bonds. The van der Waals surface area contributed by atoms with Gasteiger partial charge in [-0.15, -0.1) is 0 Å². The summed E-state index contributed by atoms with van der Waals surface area (Å²) in [4.78, 5) is 0. The lowest BCUT2D eigenvalue weighted by molar-refractivity contribution is -0.378. The molecule has 29 atom stereocenters. The van der Waals surface area contributed by atoms with Gasteiger partial charge in [-0.25, -0.2) is 0 Å². The quantitative estimate of drug-likeness (QED) is 0.0651. The van der Waals surface area contributed by atoms with Gasteiger partial charge in [-0.1, -0.05) is 46.3 Å². The molecule has 14 N–H and O–H groups in total. The number of rotatable bonds is 15. The fourth-order valence-corrected chi connectivity index (χ4v) is 16.0. The van der Waals surface area contributed by atoms with Gasteiger partial charge in [0.1, 0.15) is 91.6 Å².